The molecule has 1 amide bonds. The van der Waals surface area contributed by atoms with E-state index < -0.39 is 0 Å². The monoisotopic (exact) mass is 299 g/mol. The second-order valence-corrected chi connectivity index (χ2v) is 5.09. The number of ether oxygens (including phenoxy) is 2. The molecule has 116 valence electrons. The van der Waals surface area contributed by atoms with Crippen LogP contribution in [0.15, 0.2) is 48.5 Å². The van der Waals surface area contributed by atoms with Crippen molar-refractivity contribution in [2.75, 3.05) is 14.2 Å². The highest BCUT2D eigenvalue weighted by atomic mass is 16.5. The molecule has 0 aromatic heterocycles. The molecule has 0 fully saturated rings. The Morgan fingerprint density at radius 2 is 1.73 bits per heavy atom. The lowest BCUT2D eigenvalue weighted by Gasteiger charge is -2.14. The van der Waals surface area contributed by atoms with Gasteiger partial charge < -0.3 is 15.2 Å². The summed E-state index contributed by atoms with van der Waals surface area (Å²) < 4.78 is 10.5. The van der Waals surface area contributed by atoms with E-state index in [1.807, 2.05) is 48.5 Å². The van der Waals surface area contributed by atoms with Crippen molar-refractivity contribution in [3.05, 3.63) is 59.7 Å². The first-order chi connectivity index (χ1) is 10.7. The van der Waals surface area contributed by atoms with Crippen molar-refractivity contribution < 1.29 is 14.3 Å². The molecule has 0 spiro atoms. The summed E-state index contributed by atoms with van der Waals surface area (Å²) in [5.41, 5.74) is 7.59. The standard InChI is InChI=1S/C18H21NO3/c1-21-16-11-9-13(12-17(16)22-2)8-10-15(18(19)20)14-6-4-3-5-7-14/h3-7,9,11-12,15H,8,10H2,1-2H3,(H2,19,20). The number of hydrogen-bond acceptors (Lipinski definition) is 3. The fourth-order valence-electron chi connectivity index (χ4n) is 2.51. The van der Waals surface area contributed by atoms with Gasteiger partial charge >= 0.3 is 0 Å². The number of carbonyl (C=O) groups is 1. The molecule has 0 aliphatic rings. The molecule has 0 aliphatic heterocycles. The molecule has 2 N–H and O–H groups in total. The van der Waals surface area contributed by atoms with Gasteiger partial charge in [-0.3, -0.25) is 4.79 Å². The van der Waals surface area contributed by atoms with Gasteiger partial charge in [-0.2, -0.15) is 0 Å². The van der Waals surface area contributed by atoms with Gasteiger partial charge in [0.05, 0.1) is 20.1 Å². The predicted molar refractivity (Wildman–Crippen MR) is 86.2 cm³/mol. The van der Waals surface area contributed by atoms with E-state index in [1.165, 1.54) is 0 Å². The lowest BCUT2D eigenvalue weighted by atomic mass is 9.92. The smallest absolute Gasteiger partial charge is 0.224 e. The quantitative estimate of drug-likeness (QED) is 0.855. The lowest BCUT2D eigenvalue weighted by molar-refractivity contribution is -0.119. The Bertz CT molecular complexity index is 625. The number of primary amides is 1. The van der Waals surface area contributed by atoms with Gasteiger partial charge in [0.25, 0.3) is 0 Å². The number of rotatable bonds is 7. The molecular weight excluding hydrogens is 278 g/mol. The molecule has 2 aromatic rings. The van der Waals surface area contributed by atoms with Gasteiger partial charge in [-0.25, -0.2) is 0 Å². The van der Waals surface area contributed by atoms with Crippen LogP contribution in [0, 0.1) is 0 Å². The molecule has 1 atom stereocenters. The average molecular weight is 299 g/mol. The fourth-order valence-corrected chi connectivity index (χ4v) is 2.51. The highest BCUT2D eigenvalue weighted by Crippen LogP contribution is 2.29. The number of methoxy groups -OCH3 is 2. The molecular formula is C18H21NO3. The number of amides is 1. The summed E-state index contributed by atoms with van der Waals surface area (Å²) in [4.78, 5) is 11.7. The normalized spacial score (nSPS) is 11.7. The molecule has 2 aromatic carbocycles. The number of hydrogen-bond donors (Lipinski definition) is 1. The van der Waals surface area contributed by atoms with Crippen LogP contribution in [-0.4, -0.2) is 20.1 Å². The summed E-state index contributed by atoms with van der Waals surface area (Å²) in [5, 5.41) is 0. The van der Waals surface area contributed by atoms with Crippen molar-refractivity contribution in [1.82, 2.24) is 0 Å². The second kappa shape index (κ2) is 7.50. The van der Waals surface area contributed by atoms with Gasteiger partial charge in [0.1, 0.15) is 0 Å². The maximum Gasteiger partial charge on any atom is 0.224 e. The van der Waals surface area contributed by atoms with Crippen LogP contribution in [-0.2, 0) is 11.2 Å². The van der Waals surface area contributed by atoms with E-state index in [2.05, 4.69) is 0 Å². The van der Waals surface area contributed by atoms with Crippen LogP contribution >= 0.6 is 0 Å². The summed E-state index contributed by atoms with van der Waals surface area (Å²) in [6.07, 6.45) is 1.40. The minimum atomic E-state index is -0.299. The van der Waals surface area contributed by atoms with E-state index in [4.69, 9.17) is 15.2 Å². The Morgan fingerprint density at radius 3 is 2.32 bits per heavy atom. The van der Waals surface area contributed by atoms with Crippen LogP contribution in [0.2, 0.25) is 0 Å². The Hall–Kier alpha value is -2.49. The van der Waals surface area contributed by atoms with Gasteiger partial charge in [0, 0.05) is 0 Å². The molecule has 22 heavy (non-hydrogen) atoms. The number of benzene rings is 2. The van der Waals surface area contributed by atoms with Crippen LogP contribution in [0.25, 0.3) is 0 Å². The van der Waals surface area contributed by atoms with E-state index in [0.717, 1.165) is 17.5 Å². The number of nitrogens with two attached hydrogens (primary N) is 1. The molecule has 1 unspecified atom stereocenters. The third-order valence-electron chi connectivity index (χ3n) is 3.72. The minimum absolute atomic E-state index is 0.283. The maximum absolute atomic E-state index is 11.7. The zero-order valence-electron chi connectivity index (χ0n) is 12.9. The van der Waals surface area contributed by atoms with E-state index in [-0.39, 0.29) is 11.8 Å². The highest BCUT2D eigenvalue weighted by Gasteiger charge is 2.17. The third-order valence-corrected chi connectivity index (χ3v) is 3.72. The predicted octanol–water partition coefficient (Wildman–Crippen LogP) is 2.91. The Labute approximate surface area is 130 Å². The Balaban J connectivity index is 2.12. The Kier molecular flexibility index (Phi) is 5.42. The first-order valence-corrected chi connectivity index (χ1v) is 7.21. The second-order valence-electron chi connectivity index (χ2n) is 5.09. The fraction of sp³-hybridized carbons (Fsp3) is 0.278. The summed E-state index contributed by atoms with van der Waals surface area (Å²) in [6.45, 7) is 0. The van der Waals surface area contributed by atoms with Crippen LogP contribution in [0.5, 0.6) is 11.5 Å². The largest absolute Gasteiger partial charge is 0.493 e. The van der Waals surface area contributed by atoms with Crippen molar-refractivity contribution in [2.45, 2.75) is 18.8 Å². The Morgan fingerprint density at radius 1 is 1.05 bits per heavy atom. The zero-order valence-corrected chi connectivity index (χ0v) is 12.9. The molecule has 4 heteroatoms. The lowest BCUT2D eigenvalue weighted by Crippen LogP contribution is -2.22. The van der Waals surface area contributed by atoms with Crippen molar-refractivity contribution >= 4 is 5.91 Å². The van der Waals surface area contributed by atoms with E-state index in [1.54, 1.807) is 14.2 Å². The zero-order chi connectivity index (χ0) is 15.9. The van der Waals surface area contributed by atoms with Crippen LogP contribution in [0.3, 0.4) is 0 Å². The first-order valence-electron chi connectivity index (χ1n) is 7.21. The summed E-state index contributed by atoms with van der Waals surface area (Å²) in [6, 6.07) is 15.4. The van der Waals surface area contributed by atoms with Gasteiger partial charge in [0.2, 0.25) is 5.91 Å². The summed E-state index contributed by atoms with van der Waals surface area (Å²) >= 11 is 0. The molecule has 2 rings (SSSR count). The first kappa shape index (κ1) is 15.9. The van der Waals surface area contributed by atoms with Crippen LogP contribution in [0.4, 0.5) is 0 Å². The summed E-state index contributed by atoms with van der Waals surface area (Å²) in [7, 11) is 3.22. The van der Waals surface area contributed by atoms with Gasteiger partial charge in [0.15, 0.2) is 11.5 Å². The van der Waals surface area contributed by atoms with Crippen LogP contribution in [0.1, 0.15) is 23.5 Å². The van der Waals surface area contributed by atoms with Crippen molar-refractivity contribution in [2.24, 2.45) is 5.73 Å². The van der Waals surface area contributed by atoms with E-state index >= 15 is 0 Å². The van der Waals surface area contributed by atoms with Crippen LogP contribution < -0.4 is 15.2 Å². The minimum Gasteiger partial charge on any atom is -0.493 e. The highest BCUT2D eigenvalue weighted by molar-refractivity contribution is 5.81. The molecule has 0 radical (unpaired) electrons. The molecule has 0 saturated carbocycles. The van der Waals surface area contributed by atoms with Crippen molar-refractivity contribution in [1.29, 1.82) is 0 Å². The molecule has 0 bridgehead atoms. The number of aryl methyl sites for hydroxylation is 1. The van der Waals surface area contributed by atoms with E-state index in [0.29, 0.717) is 17.9 Å². The average Bonchev–Trinajstić information content (AvgIpc) is 2.55. The van der Waals surface area contributed by atoms with Crippen molar-refractivity contribution in [3.63, 3.8) is 0 Å². The summed E-state index contributed by atoms with van der Waals surface area (Å²) in [5.74, 6) is 0.803. The maximum atomic E-state index is 11.7. The molecule has 0 saturated heterocycles. The SMILES string of the molecule is COc1ccc(CCC(C(N)=O)c2ccccc2)cc1OC. The van der Waals surface area contributed by atoms with Gasteiger partial charge in [-0.15, -0.1) is 0 Å². The van der Waals surface area contributed by atoms with E-state index in [9.17, 15) is 4.79 Å². The van der Waals surface area contributed by atoms with Crippen molar-refractivity contribution in [3.8, 4) is 11.5 Å². The molecule has 0 heterocycles. The van der Waals surface area contributed by atoms with Gasteiger partial charge in [-0.05, 0) is 36.1 Å². The topological polar surface area (TPSA) is 61.5 Å². The molecule has 0 aliphatic carbocycles. The third kappa shape index (κ3) is 3.79. The van der Waals surface area contributed by atoms with Gasteiger partial charge in [-0.1, -0.05) is 36.4 Å². The molecule has 4 nitrogen and oxygen atoms in total. The number of carbonyl (C=O) groups excluding carboxylic acids is 1.